The Hall–Kier alpha value is -1.60. The van der Waals surface area contributed by atoms with Crippen LogP contribution in [-0.4, -0.2) is 26.6 Å². The molecule has 0 saturated heterocycles. The Bertz CT molecular complexity index is 597. The van der Waals surface area contributed by atoms with Crippen molar-refractivity contribution in [2.45, 2.75) is 26.8 Å². The van der Waals surface area contributed by atoms with Gasteiger partial charge in [0.05, 0.1) is 17.9 Å². The number of amides is 1. The molecule has 0 aromatic heterocycles. The molecule has 0 heterocycles. The first-order valence-electron chi connectivity index (χ1n) is 6.25. The fraction of sp³-hybridized carbons (Fsp3) is 0.462. The van der Waals surface area contributed by atoms with E-state index in [1.54, 1.807) is 39.0 Å². The van der Waals surface area contributed by atoms with Gasteiger partial charge in [-0.05, 0) is 31.5 Å². The number of nitrogens with two attached hydrogens (primary N) is 1. The number of aryl methyl sites for hydroxylation is 1. The van der Waals surface area contributed by atoms with Crippen molar-refractivity contribution in [2.24, 2.45) is 11.7 Å². The Morgan fingerprint density at radius 1 is 1.30 bits per heavy atom. The molecule has 0 aliphatic rings. The summed E-state index contributed by atoms with van der Waals surface area (Å²) < 4.78 is 24.9. The summed E-state index contributed by atoms with van der Waals surface area (Å²) in [5.41, 5.74) is 7.42. The number of carbonyl (C=O) groups is 1. The van der Waals surface area contributed by atoms with Crippen LogP contribution in [0.5, 0.6) is 0 Å². The highest BCUT2D eigenvalue weighted by molar-refractivity contribution is 7.92. The number of rotatable bonds is 5. The smallest absolute Gasteiger partial charge is 0.229 e. The third kappa shape index (κ3) is 4.82. The van der Waals surface area contributed by atoms with Gasteiger partial charge in [-0.2, -0.15) is 0 Å². The van der Waals surface area contributed by atoms with Crippen LogP contribution in [0.3, 0.4) is 0 Å². The van der Waals surface area contributed by atoms with E-state index in [1.807, 2.05) is 0 Å². The van der Waals surface area contributed by atoms with Gasteiger partial charge >= 0.3 is 0 Å². The van der Waals surface area contributed by atoms with Crippen LogP contribution in [0.15, 0.2) is 18.2 Å². The second kappa shape index (κ2) is 6.23. The molecule has 0 aliphatic carbocycles. The van der Waals surface area contributed by atoms with E-state index < -0.39 is 10.0 Å². The van der Waals surface area contributed by atoms with Gasteiger partial charge in [0.15, 0.2) is 0 Å². The summed E-state index contributed by atoms with van der Waals surface area (Å²) in [4.78, 5) is 11.9. The van der Waals surface area contributed by atoms with Gasteiger partial charge in [-0.3, -0.25) is 9.52 Å². The predicted octanol–water partition coefficient (Wildman–Crippen LogP) is 1.29. The van der Waals surface area contributed by atoms with E-state index >= 15 is 0 Å². The molecule has 0 bridgehead atoms. The molecule has 0 saturated carbocycles. The second-order valence-electron chi connectivity index (χ2n) is 5.04. The van der Waals surface area contributed by atoms with Gasteiger partial charge in [0.2, 0.25) is 15.9 Å². The maximum atomic E-state index is 11.9. The minimum atomic E-state index is -3.36. The van der Waals surface area contributed by atoms with Crippen LogP contribution >= 0.6 is 0 Å². The normalized spacial score (nSPS) is 14.4. The lowest BCUT2D eigenvalue weighted by atomic mass is 10.0. The lowest BCUT2D eigenvalue weighted by Crippen LogP contribution is -2.34. The summed E-state index contributed by atoms with van der Waals surface area (Å²) in [7, 11) is -3.36. The van der Waals surface area contributed by atoms with Gasteiger partial charge in [-0.25, -0.2) is 8.42 Å². The van der Waals surface area contributed by atoms with Crippen LogP contribution in [0.4, 0.5) is 11.4 Å². The van der Waals surface area contributed by atoms with Gasteiger partial charge in [-0.15, -0.1) is 0 Å². The van der Waals surface area contributed by atoms with E-state index in [0.717, 1.165) is 11.8 Å². The summed E-state index contributed by atoms with van der Waals surface area (Å²) in [5, 5.41) is 2.72. The topological polar surface area (TPSA) is 101 Å². The lowest BCUT2D eigenvalue weighted by molar-refractivity contribution is -0.119. The summed E-state index contributed by atoms with van der Waals surface area (Å²) in [5.74, 6) is -0.531. The number of hydrogen-bond acceptors (Lipinski definition) is 4. The minimum absolute atomic E-state index is 0.200. The van der Waals surface area contributed by atoms with Crippen LogP contribution in [0.1, 0.15) is 19.4 Å². The van der Waals surface area contributed by atoms with Gasteiger partial charge in [0.1, 0.15) is 0 Å². The van der Waals surface area contributed by atoms with Crippen molar-refractivity contribution in [2.75, 3.05) is 16.3 Å². The largest absolute Gasteiger partial charge is 0.327 e. The van der Waals surface area contributed by atoms with E-state index in [4.69, 9.17) is 5.73 Å². The van der Waals surface area contributed by atoms with E-state index in [1.165, 1.54) is 0 Å². The van der Waals surface area contributed by atoms with Crippen molar-refractivity contribution in [3.05, 3.63) is 23.8 Å². The monoisotopic (exact) mass is 299 g/mol. The highest BCUT2D eigenvalue weighted by Crippen LogP contribution is 2.21. The zero-order chi connectivity index (χ0) is 15.5. The zero-order valence-electron chi connectivity index (χ0n) is 12.1. The molecule has 1 rings (SSSR count). The van der Waals surface area contributed by atoms with Gasteiger partial charge in [0.25, 0.3) is 0 Å². The highest BCUT2D eigenvalue weighted by Gasteiger charge is 2.17. The van der Waals surface area contributed by atoms with E-state index in [-0.39, 0.29) is 17.9 Å². The molecule has 7 heteroatoms. The van der Waals surface area contributed by atoms with Crippen molar-refractivity contribution in [1.82, 2.24) is 0 Å². The fourth-order valence-electron chi connectivity index (χ4n) is 1.50. The number of carbonyl (C=O) groups excluding carboxylic acids is 1. The Morgan fingerprint density at radius 3 is 2.40 bits per heavy atom. The Kier molecular flexibility index (Phi) is 5.13. The molecule has 0 aliphatic heterocycles. The molecule has 4 N–H and O–H groups in total. The van der Waals surface area contributed by atoms with Gasteiger partial charge in [0, 0.05) is 11.7 Å². The van der Waals surface area contributed by atoms with Crippen LogP contribution < -0.4 is 15.8 Å². The van der Waals surface area contributed by atoms with E-state index in [0.29, 0.717) is 11.4 Å². The molecular formula is C13H21N3O3S. The molecule has 6 nitrogen and oxygen atoms in total. The van der Waals surface area contributed by atoms with Crippen LogP contribution in [0.25, 0.3) is 0 Å². The van der Waals surface area contributed by atoms with Crippen LogP contribution in [0, 0.1) is 12.8 Å². The first-order chi connectivity index (χ1) is 9.10. The number of hydrogen-bond donors (Lipinski definition) is 3. The molecule has 2 unspecified atom stereocenters. The average Bonchev–Trinajstić information content (AvgIpc) is 2.30. The molecule has 1 aromatic carbocycles. The molecule has 112 valence electrons. The van der Waals surface area contributed by atoms with Crippen molar-refractivity contribution in [1.29, 1.82) is 0 Å². The zero-order valence-corrected chi connectivity index (χ0v) is 12.9. The molecule has 20 heavy (non-hydrogen) atoms. The van der Waals surface area contributed by atoms with Crippen molar-refractivity contribution < 1.29 is 13.2 Å². The van der Waals surface area contributed by atoms with E-state index in [2.05, 4.69) is 10.0 Å². The van der Waals surface area contributed by atoms with Crippen molar-refractivity contribution in [3.63, 3.8) is 0 Å². The number of benzene rings is 1. The average molecular weight is 299 g/mol. The SMILES string of the molecule is Cc1ccc(NC(=O)C(C)C(C)N)cc1NS(C)(=O)=O. The van der Waals surface area contributed by atoms with Crippen LogP contribution in [0.2, 0.25) is 0 Å². The third-order valence-electron chi connectivity index (χ3n) is 3.00. The molecule has 1 amide bonds. The standard InChI is InChI=1S/C13H21N3O3S/c1-8-5-6-11(7-12(8)16-20(4,18)19)15-13(17)9(2)10(3)14/h5-7,9-10,16H,14H2,1-4H3,(H,15,17). The molecule has 2 atom stereocenters. The lowest BCUT2D eigenvalue weighted by Gasteiger charge is -2.16. The maximum absolute atomic E-state index is 11.9. The first kappa shape index (κ1) is 16.5. The van der Waals surface area contributed by atoms with Crippen molar-refractivity contribution in [3.8, 4) is 0 Å². The Balaban J connectivity index is 2.93. The summed E-state index contributed by atoms with van der Waals surface area (Å²) in [6.45, 7) is 5.28. The molecule has 0 spiro atoms. The van der Waals surface area contributed by atoms with Crippen LogP contribution in [-0.2, 0) is 14.8 Å². The molecule has 0 radical (unpaired) electrons. The Morgan fingerprint density at radius 2 is 1.90 bits per heavy atom. The van der Waals surface area contributed by atoms with Gasteiger partial charge in [-0.1, -0.05) is 13.0 Å². The molecule has 0 fully saturated rings. The fourth-order valence-corrected chi connectivity index (χ4v) is 2.12. The maximum Gasteiger partial charge on any atom is 0.229 e. The Labute approximate surface area is 119 Å². The summed E-state index contributed by atoms with van der Waals surface area (Å²) in [6.07, 6.45) is 1.08. The quantitative estimate of drug-likeness (QED) is 0.762. The third-order valence-corrected chi connectivity index (χ3v) is 3.59. The molecule has 1 aromatic rings. The van der Waals surface area contributed by atoms with E-state index in [9.17, 15) is 13.2 Å². The summed E-state index contributed by atoms with van der Waals surface area (Å²) in [6, 6.07) is 4.78. The number of anilines is 2. The number of sulfonamides is 1. The second-order valence-corrected chi connectivity index (χ2v) is 6.79. The van der Waals surface area contributed by atoms with Gasteiger partial charge < -0.3 is 11.1 Å². The van der Waals surface area contributed by atoms with Crippen molar-refractivity contribution >= 4 is 27.3 Å². The first-order valence-corrected chi connectivity index (χ1v) is 8.14. The molecular weight excluding hydrogens is 278 g/mol. The predicted molar refractivity (Wildman–Crippen MR) is 81.1 cm³/mol. The minimum Gasteiger partial charge on any atom is -0.327 e. The number of nitrogens with one attached hydrogen (secondary N) is 2. The highest BCUT2D eigenvalue weighted by atomic mass is 32.2. The summed E-state index contributed by atoms with van der Waals surface area (Å²) >= 11 is 0.